The van der Waals surface area contributed by atoms with E-state index in [4.69, 9.17) is 9.47 Å². The van der Waals surface area contributed by atoms with Crippen molar-refractivity contribution in [3.05, 3.63) is 67.1 Å². The lowest BCUT2D eigenvalue weighted by atomic mass is 10.0. The molecule has 4 nitrogen and oxygen atoms in total. The standard InChI is InChI=1S/C40H56O4S2/c1-3-5-7-9-11-13-15-17-19-21-23-31-25-27-45-37(31)35-29-33(39(41)43-35)34-30-36(44-40(34)42)38-32(26-28-46-38)24-22-20-18-16-14-12-10-8-6-4-2/h25-30H,3-24H2,1-2H3/b34-33+. The van der Waals surface area contributed by atoms with Crippen molar-refractivity contribution in [2.45, 2.75) is 155 Å². The van der Waals surface area contributed by atoms with E-state index in [0.29, 0.717) is 22.7 Å². The first kappa shape index (κ1) is 36.4. The monoisotopic (exact) mass is 664 g/mol. The Bertz CT molecular complexity index is 1220. The molecule has 0 fully saturated rings. The molecule has 0 amide bonds. The summed E-state index contributed by atoms with van der Waals surface area (Å²) in [4.78, 5) is 27.9. The largest absolute Gasteiger partial charge is 0.421 e. The Labute approximate surface area is 286 Å². The minimum absolute atomic E-state index is 0.293. The van der Waals surface area contributed by atoms with E-state index in [0.717, 1.165) is 35.4 Å². The van der Waals surface area contributed by atoms with Gasteiger partial charge in [-0.2, -0.15) is 0 Å². The molecular formula is C40H56O4S2. The van der Waals surface area contributed by atoms with Crippen molar-refractivity contribution in [1.82, 2.24) is 0 Å². The molecule has 0 unspecified atom stereocenters. The van der Waals surface area contributed by atoms with E-state index in [1.807, 2.05) is 0 Å². The Morgan fingerprint density at radius 3 is 1.15 bits per heavy atom. The molecule has 2 aliphatic rings. The lowest BCUT2D eigenvalue weighted by Gasteiger charge is -2.05. The van der Waals surface area contributed by atoms with Gasteiger partial charge in [0.15, 0.2) is 0 Å². The van der Waals surface area contributed by atoms with Gasteiger partial charge in [-0.15, -0.1) is 22.7 Å². The molecular weight excluding hydrogens is 609 g/mol. The van der Waals surface area contributed by atoms with Crippen LogP contribution in [0.2, 0.25) is 0 Å². The molecule has 252 valence electrons. The Morgan fingerprint density at radius 1 is 0.478 bits per heavy atom. The molecule has 0 spiro atoms. The zero-order valence-electron chi connectivity index (χ0n) is 28.5. The predicted molar refractivity (Wildman–Crippen MR) is 195 cm³/mol. The summed E-state index contributed by atoms with van der Waals surface area (Å²) >= 11 is 3.19. The van der Waals surface area contributed by atoms with Crippen LogP contribution in [-0.2, 0) is 31.9 Å². The number of cyclic esters (lactones) is 2. The van der Waals surface area contributed by atoms with Gasteiger partial charge in [0.1, 0.15) is 11.5 Å². The number of carbonyl (C=O) groups excluding carboxylic acids is 2. The second-order valence-corrected chi connectivity index (χ2v) is 14.9. The van der Waals surface area contributed by atoms with Crippen molar-refractivity contribution in [2.24, 2.45) is 0 Å². The number of aryl methyl sites for hydroxylation is 2. The normalized spacial score (nSPS) is 16.2. The van der Waals surface area contributed by atoms with Gasteiger partial charge in [-0.3, -0.25) is 0 Å². The average molecular weight is 665 g/mol. The lowest BCUT2D eigenvalue weighted by molar-refractivity contribution is -0.133. The Hall–Kier alpha value is -2.44. The van der Waals surface area contributed by atoms with E-state index < -0.39 is 11.9 Å². The third-order valence-electron chi connectivity index (χ3n) is 9.23. The molecule has 0 N–H and O–H groups in total. The Kier molecular flexibility index (Phi) is 16.4. The maximum atomic E-state index is 13.0. The third-order valence-corrected chi connectivity index (χ3v) is 11.2. The second-order valence-electron chi connectivity index (χ2n) is 13.0. The van der Waals surface area contributed by atoms with Crippen LogP contribution < -0.4 is 0 Å². The maximum Gasteiger partial charge on any atom is 0.344 e. The summed E-state index contributed by atoms with van der Waals surface area (Å²) in [6.45, 7) is 4.53. The van der Waals surface area contributed by atoms with Gasteiger partial charge in [-0.1, -0.05) is 129 Å². The number of unbranched alkanes of at least 4 members (excludes halogenated alkanes) is 18. The molecule has 0 radical (unpaired) electrons. The Balaban J connectivity index is 1.27. The van der Waals surface area contributed by atoms with Gasteiger partial charge in [-0.25, -0.2) is 9.59 Å². The molecule has 46 heavy (non-hydrogen) atoms. The first-order valence-electron chi connectivity index (χ1n) is 18.4. The number of hydrogen-bond donors (Lipinski definition) is 0. The summed E-state index contributed by atoms with van der Waals surface area (Å²) in [6.07, 6.45) is 31.6. The number of hydrogen-bond acceptors (Lipinski definition) is 6. The van der Waals surface area contributed by atoms with Crippen molar-refractivity contribution < 1.29 is 19.1 Å². The molecule has 0 aromatic carbocycles. The van der Waals surface area contributed by atoms with Crippen LogP contribution in [0.25, 0.3) is 11.5 Å². The van der Waals surface area contributed by atoms with Crippen LogP contribution in [0, 0.1) is 0 Å². The van der Waals surface area contributed by atoms with Gasteiger partial charge in [0, 0.05) is 0 Å². The number of rotatable bonds is 24. The highest BCUT2D eigenvalue weighted by Gasteiger charge is 2.34. The highest BCUT2D eigenvalue weighted by atomic mass is 32.1. The van der Waals surface area contributed by atoms with Gasteiger partial charge in [-0.05, 0) is 71.9 Å². The molecule has 0 saturated carbocycles. The summed E-state index contributed by atoms with van der Waals surface area (Å²) in [6, 6.07) is 4.28. The zero-order chi connectivity index (χ0) is 32.4. The summed E-state index contributed by atoms with van der Waals surface area (Å²) in [5.74, 6) is 0.151. The first-order valence-corrected chi connectivity index (χ1v) is 20.1. The summed E-state index contributed by atoms with van der Waals surface area (Å²) in [5, 5.41) is 4.13. The van der Waals surface area contributed by atoms with E-state index >= 15 is 0 Å². The lowest BCUT2D eigenvalue weighted by Crippen LogP contribution is -2.05. The topological polar surface area (TPSA) is 52.6 Å². The van der Waals surface area contributed by atoms with E-state index in [2.05, 4.69) is 36.7 Å². The summed E-state index contributed by atoms with van der Waals surface area (Å²) in [5.41, 5.74) is 3.02. The number of carbonyl (C=O) groups is 2. The van der Waals surface area contributed by atoms with Crippen LogP contribution >= 0.6 is 22.7 Å². The van der Waals surface area contributed by atoms with Crippen molar-refractivity contribution in [3.63, 3.8) is 0 Å². The summed E-state index contributed by atoms with van der Waals surface area (Å²) < 4.78 is 11.5. The molecule has 6 heteroatoms. The smallest absolute Gasteiger partial charge is 0.344 e. The molecule has 0 aliphatic carbocycles. The van der Waals surface area contributed by atoms with Gasteiger partial charge >= 0.3 is 11.9 Å². The number of ether oxygens (including phenoxy) is 2. The fraction of sp³-hybridized carbons (Fsp3) is 0.600. The quantitative estimate of drug-likeness (QED) is 0.0636. The van der Waals surface area contributed by atoms with Gasteiger partial charge in [0.05, 0.1) is 20.9 Å². The van der Waals surface area contributed by atoms with Gasteiger partial charge in [0.25, 0.3) is 0 Å². The number of esters is 2. The van der Waals surface area contributed by atoms with Crippen molar-refractivity contribution in [2.75, 3.05) is 0 Å². The second kappa shape index (κ2) is 20.7. The molecule has 0 saturated heterocycles. The van der Waals surface area contributed by atoms with Crippen molar-refractivity contribution in [3.8, 4) is 0 Å². The minimum Gasteiger partial charge on any atom is -0.421 e. The SMILES string of the molecule is CCCCCCCCCCCCc1ccsc1C1=C/C(=C2/C=C(c3sccc3CCCCCCCCCCCC)OC2=O)C(=O)O1. The van der Waals surface area contributed by atoms with Gasteiger partial charge < -0.3 is 9.47 Å². The predicted octanol–water partition coefficient (Wildman–Crippen LogP) is 12.5. The molecule has 4 heterocycles. The zero-order valence-corrected chi connectivity index (χ0v) is 30.1. The first-order chi connectivity index (χ1) is 22.6. The fourth-order valence-corrected chi connectivity index (χ4v) is 8.26. The van der Waals surface area contributed by atoms with E-state index in [9.17, 15) is 9.59 Å². The average Bonchev–Trinajstić information content (AvgIpc) is 3.86. The molecule has 2 aromatic rings. The highest BCUT2D eigenvalue weighted by Crippen LogP contribution is 2.38. The van der Waals surface area contributed by atoms with Gasteiger partial charge in [0.2, 0.25) is 0 Å². The minimum atomic E-state index is -0.477. The highest BCUT2D eigenvalue weighted by molar-refractivity contribution is 7.11. The van der Waals surface area contributed by atoms with Crippen LogP contribution in [0.5, 0.6) is 0 Å². The molecule has 0 atom stereocenters. The van der Waals surface area contributed by atoms with Crippen LogP contribution in [0.4, 0.5) is 0 Å². The maximum absolute atomic E-state index is 13.0. The van der Waals surface area contributed by atoms with E-state index in [1.54, 1.807) is 34.8 Å². The third kappa shape index (κ3) is 11.4. The van der Waals surface area contributed by atoms with Crippen LogP contribution in [0.1, 0.15) is 163 Å². The van der Waals surface area contributed by atoms with Crippen LogP contribution in [-0.4, -0.2) is 11.9 Å². The van der Waals surface area contributed by atoms with E-state index in [1.165, 1.54) is 127 Å². The van der Waals surface area contributed by atoms with Crippen LogP contribution in [0.3, 0.4) is 0 Å². The molecule has 2 aliphatic heterocycles. The summed E-state index contributed by atoms with van der Waals surface area (Å²) in [7, 11) is 0. The van der Waals surface area contributed by atoms with Crippen LogP contribution in [0.15, 0.2) is 46.2 Å². The fourth-order valence-electron chi connectivity index (χ4n) is 6.45. The molecule has 2 aromatic heterocycles. The molecule has 4 rings (SSSR count). The van der Waals surface area contributed by atoms with E-state index in [-0.39, 0.29) is 0 Å². The molecule has 0 bridgehead atoms. The van der Waals surface area contributed by atoms with Crippen molar-refractivity contribution >= 4 is 46.1 Å². The number of thiophene rings is 2. The Morgan fingerprint density at radius 2 is 0.804 bits per heavy atom. The van der Waals surface area contributed by atoms with Crippen molar-refractivity contribution in [1.29, 1.82) is 0 Å².